The predicted molar refractivity (Wildman–Crippen MR) is 83.3 cm³/mol. The van der Waals surface area contributed by atoms with E-state index in [-0.39, 0.29) is 5.67 Å². The second-order valence-electron chi connectivity index (χ2n) is 7.82. The van der Waals surface area contributed by atoms with Gasteiger partial charge in [-0.25, -0.2) is 0 Å². The van der Waals surface area contributed by atoms with Gasteiger partial charge >= 0.3 is 5.97 Å². The molecule has 0 aromatic carbocycles. The maximum atomic E-state index is 11.7. The zero-order valence-electron chi connectivity index (χ0n) is 12.9. The second-order valence-corrected chi connectivity index (χ2v) is 23.2. The first-order valence-electron chi connectivity index (χ1n) is 6.21. The molecular weight excluding hydrogens is 262 g/mol. The summed E-state index contributed by atoms with van der Waals surface area (Å²) in [6, 6.07) is 0. The Bertz CT molecular complexity index is 273. The first-order chi connectivity index (χ1) is 7.19. The van der Waals surface area contributed by atoms with Gasteiger partial charge in [0.15, 0.2) is 0 Å². The average molecular weight is 292 g/mol. The third-order valence-electron chi connectivity index (χ3n) is 2.76. The largest absolute Gasteiger partial charge is 0.480 e. The van der Waals surface area contributed by atoms with E-state index in [2.05, 4.69) is 63.2 Å². The molecular formula is C11H29NO2Si3. The van der Waals surface area contributed by atoms with Crippen molar-refractivity contribution < 1.29 is 9.90 Å². The van der Waals surface area contributed by atoms with Crippen molar-refractivity contribution >= 4 is 30.5 Å². The molecule has 0 fully saturated rings. The lowest BCUT2D eigenvalue weighted by Crippen LogP contribution is -2.70. The van der Waals surface area contributed by atoms with Gasteiger partial charge in [0.05, 0.1) is 13.7 Å². The van der Waals surface area contributed by atoms with Crippen molar-refractivity contribution in [3.8, 4) is 0 Å². The van der Waals surface area contributed by atoms with Gasteiger partial charge in [-0.2, -0.15) is 0 Å². The Balaban J connectivity index is 5.66. The van der Waals surface area contributed by atoms with Crippen molar-refractivity contribution in [3.05, 3.63) is 0 Å². The fourth-order valence-electron chi connectivity index (χ4n) is 2.65. The summed E-state index contributed by atoms with van der Waals surface area (Å²) < 4.78 is 2.44. The van der Waals surface area contributed by atoms with E-state index in [1.807, 2.05) is 0 Å². The Kier molecular flexibility index (Phi) is 5.01. The number of hydrogen-bond donors (Lipinski definition) is 1. The zero-order valence-corrected chi connectivity index (χ0v) is 15.9. The first kappa shape index (κ1) is 17.1. The van der Waals surface area contributed by atoms with Crippen LogP contribution in [-0.2, 0) is 4.79 Å². The Morgan fingerprint density at radius 3 is 1.24 bits per heavy atom. The van der Waals surface area contributed by atoms with Gasteiger partial charge in [0.2, 0.25) is 0 Å². The monoisotopic (exact) mass is 291 g/mol. The molecule has 1 N–H and O–H groups in total. The van der Waals surface area contributed by atoms with Crippen LogP contribution in [0, 0.1) is 0 Å². The van der Waals surface area contributed by atoms with Crippen molar-refractivity contribution in [1.82, 2.24) is 4.23 Å². The summed E-state index contributed by atoms with van der Waals surface area (Å²) in [6.07, 6.45) is 0. The molecule has 0 rings (SSSR count). The Hall–Kier alpha value is 0.0806. The molecule has 0 amide bonds. The lowest BCUT2D eigenvalue weighted by molar-refractivity contribution is -0.138. The first-order valence-corrected chi connectivity index (χ1v) is 16.7. The van der Waals surface area contributed by atoms with Crippen LogP contribution in [0.3, 0.4) is 0 Å². The molecule has 0 aliphatic carbocycles. The van der Waals surface area contributed by atoms with E-state index in [1.54, 1.807) is 0 Å². The molecule has 0 aliphatic rings. The smallest absolute Gasteiger partial charge is 0.316 e. The zero-order chi connectivity index (χ0) is 14.2. The van der Waals surface area contributed by atoms with Crippen LogP contribution in [0.25, 0.3) is 0 Å². The van der Waals surface area contributed by atoms with E-state index in [0.29, 0.717) is 0 Å². The molecule has 3 nitrogen and oxygen atoms in total. The SMILES string of the molecule is C[Si](C)(C)C(C(=O)O)N([Si](C)(C)C)[Si](C)(C)C. The van der Waals surface area contributed by atoms with E-state index in [0.717, 1.165) is 0 Å². The summed E-state index contributed by atoms with van der Waals surface area (Å²) in [5, 5.41) is 9.64. The topological polar surface area (TPSA) is 40.5 Å². The molecule has 0 aliphatic heterocycles. The quantitative estimate of drug-likeness (QED) is 0.790. The fraction of sp³-hybridized carbons (Fsp3) is 0.909. The van der Waals surface area contributed by atoms with Gasteiger partial charge in [0.1, 0.15) is 16.5 Å². The molecule has 6 heteroatoms. The maximum absolute atomic E-state index is 11.7. The molecule has 0 saturated heterocycles. The fourth-order valence-corrected chi connectivity index (χ4v) is 18.6. The molecule has 0 aromatic heterocycles. The second kappa shape index (κ2) is 4.99. The molecule has 0 heterocycles. The number of aliphatic carboxylic acids is 1. The highest BCUT2D eigenvalue weighted by Gasteiger charge is 2.47. The standard InChI is InChI=1S/C11H29NO2Si3/c1-15(2,3)10(11(13)14)12(16(4,5)6)17(7,8)9/h10H,1-9H3,(H,13,14). The molecule has 0 bridgehead atoms. The van der Waals surface area contributed by atoms with E-state index in [4.69, 9.17) is 0 Å². The molecule has 0 saturated carbocycles. The molecule has 102 valence electrons. The summed E-state index contributed by atoms with van der Waals surface area (Å²) in [7, 11) is -4.95. The molecule has 1 atom stereocenters. The van der Waals surface area contributed by atoms with E-state index >= 15 is 0 Å². The summed E-state index contributed by atoms with van der Waals surface area (Å²) in [4.78, 5) is 11.7. The van der Waals surface area contributed by atoms with Crippen LogP contribution in [-0.4, -0.2) is 45.5 Å². The number of rotatable bonds is 5. The molecule has 17 heavy (non-hydrogen) atoms. The van der Waals surface area contributed by atoms with Gasteiger partial charge < -0.3 is 9.34 Å². The van der Waals surface area contributed by atoms with Crippen LogP contribution in [0.2, 0.25) is 58.9 Å². The average Bonchev–Trinajstić information content (AvgIpc) is 1.91. The van der Waals surface area contributed by atoms with E-state index in [1.165, 1.54) is 0 Å². The van der Waals surface area contributed by atoms with Crippen LogP contribution in [0.15, 0.2) is 0 Å². The highest BCUT2D eigenvalue weighted by Crippen LogP contribution is 2.28. The Labute approximate surface area is 109 Å². The molecule has 1 unspecified atom stereocenters. The summed E-state index contributed by atoms with van der Waals surface area (Å²) in [6.45, 7) is 20.1. The van der Waals surface area contributed by atoms with Crippen LogP contribution in [0.4, 0.5) is 0 Å². The number of carboxylic acid groups (broad SMARTS) is 1. The van der Waals surface area contributed by atoms with Gasteiger partial charge in [-0.05, 0) is 0 Å². The summed E-state index contributed by atoms with van der Waals surface area (Å²) >= 11 is 0. The predicted octanol–water partition coefficient (Wildman–Crippen LogP) is 3.29. The minimum atomic E-state index is -1.74. The normalized spacial score (nSPS) is 16.1. The van der Waals surface area contributed by atoms with Crippen LogP contribution >= 0.6 is 0 Å². The van der Waals surface area contributed by atoms with E-state index < -0.39 is 30.5 Å². The van der Waals surface area contributed by atoms with Gasteiger partial charge in [0.25, 0.3) is 0 Å². The molecule has 0 spiro atoms. The van der Waals surface area contributed by atoms with Crippen molar-refractivity contribution in [3.63, 3.8) is 0 Å². The highest BCUT2D eigenvalue weighted by molar-refractivity contribution is 6.93. The van der Waals surface area contributed by atoms with Gasteiger partial charge in [-0.15, -0.1) is 0 Å². The van der Waals surface area contributed by atoms with Gasteiger partial charge in [0, 0.05) is 0 Å². The third kappa shape index (κ3) is 4.69. The minimum absolute atomic E-state index is 0.235. The number of hydrogen-bond acceptors (Lipinski definition) is 2. The van der Waals surface area contributed by atoms with Crippen molar-refractivity contribution in [2.45, 2.75) is 64.6 Å². The van der Waals surface area contributed by atoms with Crippen molar-refractivity contribution in [2.24, 2.45) is 0 Å². The van der Waals surface area contributed by atoms with Gasteiger partial charge in [-0.1, -0.05) is 58.9 Å². The lowest BCUT2D eigenvalue weighted by atomic mass is 10.7. The molecule has 0 radical (unpaired) electrons. The summed E-state index contributed by atoms with van der Waals surface area (Å²) in [5.74, 6) is -0.617. The number of carboxylic acids is 1. The van der Waals surface area contributed by atoms with Crippen LogP contribution in [0.5, 0.6) is 0 Å². The Morgan fingerprint density at radius 2 is 1.18 bits per heavy atom. The summed E-state index contributed by atoms with van der Waals surface area (Å²) in [5.41, 5.74) is -0.235. The van der Waals surface area contributed by atoms with Crippen molar-refractivity contribution in [2.75, 3.05) is 0 Å². The van der Waals surface area contributed by atoms with Crippen molar-refractivity contribution in [1.29, 1.82) is 0 Å². The molecule has 0 aromatic rings. The lowest BCUT2D eigenvalue weighted by Gasteiger charge is -2.50. The van der Waals surface area contributed by atoms with Crippen LogP contribution < -0.4 is 0 Å². The van der Waals surface area contributed by atoms with Gasteiger partial charge in [-0.3, -0.25) is 4.79 Å². The van der Waals surface area contributed by atoms with E-state index in [9.17, 15) is 9.90 Å². The number of carbonyl (C=O) groups is 1. The van der Waals surface area contributed by atoms with Crippen LogP contribution in [0.1, 0.15) is 0 Å². The Morgan fingerprint density at radius 1 is 0.882 bits per heavy atom. The highest BCUT2D eigenvalue weighted by atomic mass is 28.4. The minimum Gasteiger partial charge on any atom is -0.480 e. The third-order valence-corrected chi connectivity index (χ3v) is 12.9. The number of nitrogens with zero attached hydrogens (tertiary/aromatic N) is 1. The maximum Gasteiger partial charge on any atom is 0.316 e.